The first-order valence-corrected chi connectivity index (χ1v) is 11.5. The fraction of sp³-hybridized carbons (Fsp3) is 0.0741. The Morgan fingerprint density at radius 1 is 0.882 bits per heavy atom. The molecule has 0 atom stereocenters. The molecule has 168 valence electrons. The zero-order valence-electron chi connectivity index (χ0n) is 18.0. The predicted molar refractivity (Wildman–Crippen MR) is 130 cm³/mol. The van der Waals surface area contributed by atoms with Crippen molar-refractivity contribution in [2.24, 2.45) is 0 Å². The van der Waals surface area contributed by atoms with Crippen LogP contribution in [0.2, 0.25) is 0 Å². The molecule has 34 heavy (non-hydrogen) atoms. The molecule has 0 unspecified atom stereocenters. The number of carbonyl (C=O) groups is 1. The van der Waals surface area contributed by atoms with Crippen molar-refractivity contribution in [2.75, 3.05) is 4.90 Å². The third-order valence-electron chi connectivity index (χ3n) is 5.38. The zero-order chi connectivity index (χ0) is 23.5. The molecular weight excluding hydrogens is 452 g/mol. The van der Waals surface area contributed by atoms with Crippen molar-refractivity contribution < 1.29 is 13.6 Å². The molecule has 0 spiro atoms. The molecule has 3 aromatic carbocycles. The summed E-state index contributed by atoms with van der Waals surface area (Å²) in [6.07, 6.45) is 2.40. The number of nitrogens with zero attached hydrogens (tertiary/aromatic N) is 3. The van der Waals surface area contributed by atoms with Gasteiger partial charge in [-0.1, -0.05) is 59.9 Å². The summed E-state index contributed by atoms with van der Waals surface area (Å²) in [4.78, 5) is 23.6. The first kappa shape index (κ1) is 21.9. The van der Waals surface area contributed by atoms with Crippen LogP contribution in [0.4, 0.5) is 13.9 Å². The molecule has 0 aliphatic heterocycles. The molecule has 0 saturated carbocycles. The molecule has 2 heterocycles. The first-order chi connectivity index (χ1) is 16.6. The van der Waals surface area contributed by atoms with Crippen LogP contribution in [0.15, 0.2) is 91.1 Å². The summed E-state index contributed by atoms with van der Waals surface area (Å²) < 4.78 is 28.3. The molecule has 2 aromatic heterocycles. The molecule has 0 saturated heterocycles. The van der Waals surface area contributed by atoms with Gasteiger partial charge in [0, 0.05) is 17.8 Å². The van der Waals surface area contributed by atoms with E-state index in [2.05, 4.69) is 22.1 Å². The van der Waals surface area contributed by atoms with Crippen LogP contribution in [0, 0.1) is 11.6 Å². The fourth-order valence-corrected chi connectivity index (χ4v) is 4.70. The van der Waals surface area contributed by atoms with Crippen molar-refractivity contribution in [2.45, 2.75) is 13.0 Å². The Labute approximate surface area is 199 Å². The zero-order valence-corrected chi connectivity index (χ0v) is 18.8. The summed E-state index contributed by atoms with van der Waals surface area (Å²) in [5.74, 6) is -1.73. The molecule has 0 aliphatic carbocycles. The summed E-state index contributed by atoms with van der Waals surface area (Å²) in [6.45, 7) is 0.148. The second-order valence-electron chi connectivity index (χ2n) is 7.80. The smallest absolute Gasteiger partial charge is 0.260 e. The average molecular weight is 472 g/mol. The van der Waals surface area contributed by atoms with Gasteiger partial charge in [-0.15, -0.1) is 0 Å². The van der Waals surface area contributed by atoms with E-state index in [4.69, 9.17) is 0 Å². The highest BCUT2D eigenvalue weighted by molar-refractivity contribution is 7.22. The van der Waals surface area contributed by atoms with Crippen LogP contribution < -0.4 is 4.90 Å². The lowest BCUT2D eigenvalue weighted by Gasteiger charge is -2.20. The van der Waals surface area contributed by atoms with E-state index in [0.717, 1.165) is 29.4 Å². The van der Waals surface area contributed by atoms with Crippen molar-refractivity contribution in [3.05, 3.63) is 125 Å². The molecule has 0 N–H and O–H groups in total. The Morgan fingerprint density at radius 2 is 1.62 bits per heavy atom. The summed E-state index contributed by atoms with van der Waals surface area (Å²) in [5.41, 5.74) is 3.43. The number of pyridine rings is 1. The normalized spacial score (nSPS) is 11.0. The number of thiazole rings is 1. The van der Waals surface area contributed by atoms with Gasteiger partial charge in [-0.2, -0.15) is 0 Å². The summed E-state index contributed by atoms with van der Waals surface area (Å²) in [6, 6.07) is 24.9. The highest BCUT2D eigenvalue weighted by atomic mass is 32.1. The number of aromatic nitrogens is 2. The number of hydrogen-bond donors (Lipinski definition) is 0. The van der Waals surface area contributed by atoms with E-state index in [1.807, 2.05) is 36.4 Å². The van der Waals surface area contributed by atoms with Crippen LogP contribution in [-0.2, 0) is 13.0 Å². The molecule has 0 bridgehead atoms. The Kier molecular flexibility index (Phi) is 6.10. The molecule has 4 nitrogen and oxygen atoms in total. The minimum atomic E-state index is -0.756. The highest BCUT2D eigenvalue weighted by Crippen LogP contribution is 2.32. The quantitative estimate of drug-likeness (QED) is 0.288. The average Bonchev–Trinajstić information content (AvgIpc) is 3.28. The molecule has 0 aliphatic rings. The van der Waals surface area contributed by atoms with Gasteiger partial charge in [0.1, 0.15) is 11.3 Å². The van der Waals surface area contributed by atoms with Crippen molar-refractivity contribution in [1.29, 1.82) is 0 Å². The summed E-state index contributed by atoms with van der Waals surface area (Å²) in [5, 5.41) is 0.281. The lowest BCUT2D eigenvalue weighted by molar-refractivity contribution is 0.0985. The monoisotopic (exact) mass is 471 g/mol. The molecular formula is C27H19F2N3OS. The third-order valence-corrected chi connectivity index (χ3v) is 6.40. The number of amides is 1. The Balaban J connectivity index is 1.47. The van der Waals surface area contributed by atoms with Gasteiger partial charge < -0.3 is 0 Å². The van der Waals surface area contributed by atoms with Crippen molar-refractivity contribution >= 4 is 32.6 Å². The van der Waals surface area contributed by atoms with Crippen molar-refractivity contribution in [3.8, 4) is 0 Å². The van der Waals surface area contributed by atoms with Gasteiger partial charge >= 0.3 is 0 Å². The van der Waals surface area contributed by atoms with Gasteiger partial charge in [0.2, 0.25) is 0 Å². The van der Waals surface area contributed by atoms with E-state index in [0.29, 0.717) is 16.0 Å². The Hall–Kier alpha value is -3.97. The van der Waals surface area contributed by atoms with Gasteiger partial charge in [-0.3, -0.25) is 14.7 Å². The van der Waals surface area contributed by atoms with Crippen LogP contribution in [-0.4, -0.2) is 15.9 Å². The Morgan fingerprint density at radius 3 is 2.35 bits per heavy atom. The second kappa shape index (κ2) is 9.49. The van der Waals surface area contributed by atoms with Gasteiger partial charge in [-0.05, 0) is 47.9 Å². The van der Waals surface area contributed by atoms with E-state index in [-0.39, 0.29) is 23.1 Å². The summed E-state index contributed by atoms with van der Waals surface area (Å²) >= 11 is 1.07. The van der Waals surface area contributed by atoms with Crippen LogP contribution >= 0.6 is 11.3 Å². The number of fused-ring (bicyclic) bond motifs is 1. The fourth-order valence-electron chi connectivity index (χ4n) is 3.69. The lowest BCUT2D eigenvalue weighted by atomic mass is 10.0. The molecule has 5 rings (SSSR count). The predicted octanol–water partition coefficient (Wildman–Crippen LogP) is 6.41. The van der Waals surface area contributed by atoms with E-state index < -0.39 is 11.6 Å². The number of anilines is 1. The number of carbonyl (C=O) groups excluding carboxylic acids is 1. The number of benzene rings is 3. The second-order valence-corrected chi connectivity index (χ2v) is 8.81. The largest absolute Gasteiger partial charge is 0.278 e. The lowest BCUT2D eigenvalue weighted by Crippen LogP contribution is -2.30. The number of rotatable bonds is 6. The minimum absolute atomic E-state index is 0.0402. The van der Waals surface area contributed by atoms with Gasteiger partial charge in [0.25, 0.3) is 5.91 Å². The third kappa shape index (κ3) is 4.70. The molecule has 1 amide bonds. The minimum Gasteiger partial charge on any atom is -0.278 e. The standard InChI is InChI=1S/C27H19F2N3OS/c28-21-15-23(29)25-24(16-21)34-27(31-25)32(17-22-8-4-5-13-30-22)26(33)20-11-9-19(10-12-20)14-18-6-2-1-3-7-18/h1-13,15-16H,14,17H2. The maximum Gasteiger partial charge on any atom is 0.260 e. The first-order valence-electron chi connectivity index (χ1n) is 10.7. The highest BCUT2D eigenvalue weighted by Gasteiger charge is 2.23. The van der Waals surface area contributed by atoms with Crippen LogP contribution in [0.3, 0.4) is 0 Å². The number of halogens is 2. The van der Waals surface area contributed by atoms with Crippen LogP contribution in [0.25, 0.3) is 10.2 Å². The van der Waals surface area contributed by atoms with Crippen molar-refractivity contribution in [1.82, 2.24) is 9.97 Å². The number of hydrogen-bond acceptors (Lipinski definition) is 4. The Bertz CT molecular complexity index is 1440. The van der Waals surface area contributed by atoms with E-state index in [1.54, 1.807) is 30.5 Å². The van der Waals surface area contributed by atoms with Gasteiger partial charge in [-0.25, -0.2) is 13.8 Å². The van der Waals surface area contributed by atoms with E-state index >= 15 is 0 Å². The maximum atomic E-state index is 14.3. The molecule has 5 aromatic rings. The van der Waals surface area contributed by atoms with Crippen LogP contribution in [0.1, 0.15) is 27.2 Å². The van der Waals surface area contributed by atoms with Crippen molar-refractivity contribution in [3.63, 3.8) is 0 Å². The van der Waals surface area contributed by atoms with Gasteiger partial charge in [0.15, 0.2) is 10.9 Å². The molecule has 7 heteroatoms. The molecule has 0 fully saturated rings. The van der Waals surface area contributed by atoms with E-state index in [1.165, 1.54) is 16.5 Å². The SMILES string of the molecule is O=C(c1ccc(Cc2ccccc2)cc1)N(Cc1ccccn1)c1nc2c(F)cc(F)cc2s1. The van der Waals surface area contributed by atoms with Crippen LogP contribution in [0.5, 0.6) is 0 Å². The van der Waals surface area contributed by atoms with Gasteiger partial charge in [0.05, 0.1) is 16.9 Å². The topological polar surface area (TPSA) is 46.1 Å². The maximum absolute atomic E-state index is 14.3. The molecule has 0 radical (unpaired) electrons. The summed E-state index contributed by atoms with van der Waals surface area (Å²) in [7, 11) is 0. The van der Waals surface area contributed by atoms with E-state index in [9.17, 15) is 13.6 Å².